The second-order valence-electron chi connectivity index (χ2n) is 6.84. The van der Waals surface area contributed by atoms with Crippen molar-refractivity contribution in [3.63, 3.8) is 0 Å². The van der Waals surface area contributed by atoms with E-state index in [1.54, 1.807) is 20.8 Å². The maximum absolute atomic E-state index is 12.9. The van der Waals surface area contributed by atoms with Gasteiger partial charge in [0.25, 0.3) is 0 Å². The number of anilines is 1. The van der Waals surface area contributed by atoms with Gasteiger partial charge in [0.05, 0.1) is 6.20 Å². The SMILES string of the molecule is CC(C)(C)OC(=O)N1CCC(Nc2ccc(F)cn2)(C(=O)O)CC1. The van der Waals surface area contributed by atoms with Gasteiger partial charge >= 0.3 is 12.1 Å². The zero-order valence-electron chi connectivity index (χ0n) is 14.0. The molecule has 0 atom stereocenters. The highest BCUT2D eigenvalue weighted by Gasteiger charge is 2.43. The number of carbonyl (C=O) groups is 2. The average Bonchev–Trinajstić information content (AvgIpc) is 2.48. The monoisotopic (exact) mass is 339 g/mol. The highest BCUT2D eigenvalue weighted by molar-refractivity contribution is 5.83. The van der Waals surface area contributed by atoms with Crippen molar-refractivity contribution in [3.05, 3.63) is 24.1 Å². The van der Waals surface area contributed by atoms with E-state index in [0.717, 1.165) is 6.20 Å². The smallest absolute Gasteiger partial charge is 0.410 e. The highest BCUT2D eigenvalue weighted by Crippen LogP contribution is 2.28. The van der Waals surface area contributed by atoms with Crippen molar-refractivity contribution < 1.29 is 23.8 Å². The summed E-state index contributed by atoms with van der Waals surface area (Å²) in [6.07, 6.45) is 0.955. The van der Waals surface area contributed by atoms with Crippen molar-refractivity contribution in [2.24, 2.45) is 0 Å². The second-order valence-corrected chi connectivity index (χ2v) is 6.84. The molecule has 1 amide bonds. The van der Waals surface area contributed by atoms with Crippen molar-refractivity contribution in [2.75, 3.05) is 18.4 Å². The summed E-state index contributed by atoms with van der Waals surface area (Å²) in [7, 11) is 0. The van der Waals surface area contributed by atoms with Crippen LogP contribution in [0.2, 0.25) is 0 Å². The van der Waals surface area contributed by atoms with Crippen LogP contribution < -0.4 is 5.32 Å². The molecule has 1 aliphatic rings. The molecular weight excluding hydrogens is 317 g/mol. The second kappa shape index (κ2) is 6.62. The molecule has 0 radical (unpaired) electrons. The Morgan fingerprint density at radius 2 is 1.96 bits per heavy atom. The third-order valence-corrected chi connectivity index (χ3v) is 3.77. The summed E-state index contributed by atoms with van der Waals surface area (Å²) < 4.78 is 18.2. The first kappa shape index (κ1) is 18.0. The number of halogens is 1. The molecule has 2 heterocycles. The third-order valence-electron chi connectivity index (χ3n) is 3.77. The van der Waals surface area contributed by atoms with Gasteiger partial charge in [-0.05, 0) is 45.7 Å². The van der Waals surface area contributed by atoms with Gasteiger partial charge in [-0.3, -0.25) is 0 Å². The summed E-state index contributed by atoms with van der Waals surface area (Å²) in [6, 6.07) is 2.60. The number of carboxylic acids is 1. The number of aromatic nitrogens is 1. The van der Waals surface area contributed by atoms with E-state index in [4.69, 9.17) is 4.74 Å². The van der Waals surface area contributed by atoms with Gasteiger partial charge in [0.1, 0.15) is 22.8 Å². The Labute approximate surface area is 139 Å². The molecule has 2 N–H and O–H groups in total. The maximum atomic E-state index is 12.9. The molecule has 2 rings (SSSR count). The Morgan fingerprint density at radius 1 is 1.33 bits per heavy atom. The molecule has 0 spiro atoms. The highest BCUT2D eigenvalue weighted by atomic mass is 19.1. The van der Waals surface area contributed by atoms with Crippen molar-refractivity contribution >= 4 is 17.9 Å². The molecule has 8 heteroatoms. The lowest BCUT2D eigenvalue weighted by Gasteiger charge is -2.39. The average molecular weight is 339 g/mol. The summed E-state index contributed by atoms with van der Waals surface area (Å²) in [5.41, 5.74) is -1.85. The van der Waals surface area contributed by atoms with E-state index in [9.17, 15) is 19.1 Å². The van der Waals surface area contributed by atoms with Crippen LogP contribution in [0.5, 0.6) is 0 Å². The Kier molecular flexibility index (Phi) is 4.96. The van der Waals surface area contributed by atoms with Crippen LogP contribution in [0.25, 0.3) is 0 Å². The van der Waals surface area contributed by atoms with Crippen LogP contribution in [0.15, 0.2) is 18.3 Å². The molecular formula is C16H22FN3O4. The number of rotatable bonds is 3. The zero-order chi connectivity index (χ0) is 18.0. The van der Waals surface area contributed by atoms with E-state index in [1.807, 2.05) is 0 Å². The lowest BCUT2D eigenvalue weighted by molar-refractivity contribution is -0.144. The van der Waals surface area contributed by atoms with Crippen LogP contribution in [0.1, 0.15) is 33.6 Å². The Bertz CT molecular complexity index is 605. The van der Waals surface area contributed by atoms with Gasteiger partial charge in [-0.2, -0.15) is 0 Å². The zero-order valence-corrected chi connectivity index (χ0v) is 14.0. The molecule has 0 saturated carbocycles. The Hall–Kier alpha value is -2.38. The lowest BCUT2D eigenvalue weighted by atomic mass is 9.87. The number of likely N-dealkylation sites (tertiary alicyclic amines) is 1. The molecule has 1 aromatic heterocycles. The van der Waals surface area contributed by atoms with E-state index in [1.165, 1.54) is 17.0 Å². The number of pyridine rings is 1. The van der Waals surface area contributed by atoms with E-state index >= 15 is 0 Å². The molecule has 1 fully saturated rings. The topological polar surface area (TPSA) is 91.8 Å². The summed E-state index contributed by atoms with van der Waals surface area (Å²) in [5, 5.41) is 12.5. The molecule has 0 bridgehead atoms. The minimum atomic E-state index is -1.25. The van der Waals surface area contributed by atoms with Crippen molar-refractivity contribution in [1.29, 1.82) is 0 Å². The molecule has 7 nitrogen and oxygen atoms in total. The van der Waals surface area contributed by atoms with Gasteiger partial charge < -0.3 is 20.1 Å². The molecule has 24 heavy (non-hydrogen) atoms. The van der Waals surface area contributed by atoms with Crippen LogP contribution in [-0.4, -0.2) is 51.3 Å². The molecule has 0 aromatic carbocycles. The van der Waals surface area contributed by atoms with Gasteiger partial charge in [0.15, 0.2) is 0 Å². The fraction of sp³-hybridized carbons (Fsp3) is 0.562. The van der Waals surface area contributed by atoms with Crippen molar-refractivity contribution in [2.45, 2.75) is 44.8 Å². The van der Waals surface area contributed by atoms with Crippen LogP contribution >= 0.6 is 0 Å². The van der Waals surface area contributed by atoms with Crippen LogP contribution in [0.4, 0.5) is 15.0 Å². The number of carbonyl (C=O) groups excluding carboxylic acids is 1. The first-order valence-corrected chi connectivity index (χ1v) is 7.72. The van der Waals surface area contributed by atoms with Gasteiger partial charge in [-0.1, -0.05) is 0 Å². The third kappa shape index (κ3) is 4.33. The van der Waals surface area contributed by atoms with Gasteiger partial charge in [0, 0.05) is 13.1 Å². The maximum Gasteiger partial charge on any atom is 0.410 e. The number of carboxylic acid groups (broad SMARTS) is 1. The quantitative estimate of drug-likeness (QED) is 0.879. The molecule has 1 saturated heterocycles. The van der Waals surface area contributed by atoms with Crippen molar-refractivity contribution in [1.82, 2.24) is 9.88 Å². The minimum absolute atomic E-state index is 0.195. The fourth-order valence-electron chi connectivity index (χ4n) is 2.48. The van der Waals surface area contributed by atoms with E-state index in [0.29, 0.717) is 0 Å². The Balaban J connectivity index is 2.05. The van der Waals surface area contributed by atoms with E-state index in [2.05, 4.69) is 10.3 Å². The number of amides is 1. The number of aliphatic carboxylic acids is 1. The number of ether oxygens (including phenoxy) is 1. The first-order valence-electron chi connectivity index (χ1n) is 7.72. The summed E-state index contributed by atoms with van der Waals surface area (Å²) in [6.45, 7) is 5.82. The van der Waals surface area contributed by atoms with Crippen molar-refractivity contribution in [3.8, 4) is 0 Å². The fourth-order valence-corrected chi connectivity index (χ4v) is 2.48. The molecule has 0 unspecified atom stereocenters. The molecule has 132 valence electrons. The van der Waals surface area contributed by atoms with Crippen LogP contribution in [0, 0.1) is 5.82 Å². The van der Waals surface area contributed by atoms with Crippen LogP contribution in [0.3, 0.4) is 0 Å². The number of nitrogens with one attached hydrogen (secondary N) is 1. The lowest BCUT2D eigenvalue weighted by Crippen LogP contribution is -2.56. The molecule has 0 aliphatic carbocycles. The van der Waals surface area contributed by atoms with E-state index in [-0.39, 0.29) is 31.7 Å². The van der Waals surface area contributed by atoms with Gasteiger partial charge in [0.2, 0.25) is 0 Å². The molecule has 1 aromatic rings. The van der Waals surface area contributed by atoms with E-state index < -0.39 is 29.0 Å². The summed E-state index contributed by atoms with van der Waals surface area (Å²) in [5.74, 6) is -1.24. The van der Waals surface area contributed by atoms with Gasteiger partial charge in [-0.15, -0.1) is 0 Å². The standard InChI is InChI=1S/C16H22FN3O4/c1-15(2,3)24-14(23)20-8-6-16(7-9-20,13(21)22)19-12-5-4-11(17)10-18-12/h4-5,10H,6-9H2,1-3H3,(H,18,19)(H,21,22). The molecule has 1 aliphatic heterocycles. The summed E-state index contributed by atoms with van der Waals surface area (Å²) >= 11 is 0. The van der Waals surface area contributed by atoms with Crippen LogP contribution in [-0.2, 0) is 9.53 Å². The number of hydrogen-bond donors (Lipinski definition) is 2. The first-order chi connectivity index (χ1) is 11.1. The normalized spacial score (nSPS) is 17.2. The predicted molar refractivity (Wildman–Crippen MR) is 85.2 cm³/mol. The largest absolute Gasteiger partial charge is 0.480 e. The number of nitrogens with zero attached hydrogens (tertiary/aromatic N) is 2. The number of hydrogen-bond acceptors (Lipinski definition) is 5. The summed E-state index contributed by atoms with van der Waals surface area (Å²) in [4.78, 5) is 29.2. The Morgan fingerprint density at radius 3 is 2.42 bits per heavy atom. The van der Waals surface area contributed by atoms with Gasteiger partial charge in [-0.25, -0.2) is 19.0 Å². The minimum Gasteiger partial charge on any atom is -0.480 e. The predicted octanol–water partition coefficient (Wildman–Crippen LogP) is 2.49. The number of piperidine rings is 1.